The number of hydrogen-bond donors (Lipinski definition) is 5. The van der Waals surface area contributed by atoms with Crippen molar-refractivity contribution in [1.29, 1.82) is 0 Å². The van der Waals surface area contributed by atoms with Crippen LogP contribution in [0.4, 0.5) is 0 Å². The number of nitrogens with zero attached hydrogens (tertiary/aromatic N) is 1. The number of hydrogen-bond acceptors (Lipinski definition) is 8. The standard InChI is InChI=1S/C30H31ClN2O7/c1-2-33(9-8-15-6-4-3-5-7-15)14-17-12-20(34)23-19(25(17)31)11-16-10-18-13-21(35)24(29(32)39)28(38)30(18,40)27(37)22(16)26(23)36/h3-7,12,16,18,34-35,37,40H,2,8-11,13-14H2,1H3,(H2,32,39)/t16?,18-,30-/m0/s1. The third-order valence-electron chi connectivity index (χ3n) is 8.47. The number of halogens is 1. The smallest absolute Gasteiger partial charge is 0.255 e. The Balaban J connectivity index is 1.48. The van der Waals surface area contributed by atoms with Gasteiger partial charge in [-0.1, -0.05) is 48.9 Å². The van der Waals surface area contributed by atoms with Crippen LogP contribution in [0.1, 0.15) is 46.8 Å². The number of likely N-dealkylation sites (N-methyl/N-ethyl adjacent to an activating group) is 1. The minimum atomic E-state index is -2.59. The summed E-state index contributed by atoms with van der Waals surface area (Å²) in [4.78, 5) is 40.7. The molecule has 1 unspecified atom stereocenters. The molecular weight excluding hydrogens is 536 g/mol. The van der Waals surface area contributed by atoms with E-state index in [1.54, 1.807) is 0 Å². The molecule has 40 heavy (non-hydrogen) atoms. The first-order valence-corrected chi connectivity index (χ1v) is 13.6. The molecule has 0 saturated carbocycles. The monoisotopic (exact) mass is 566 g/mol. The van der Waals surface area contributed by atoms with E-state index in [0.29, 0.717) is 22.7 Å². The predicted octanol–water partition coefficient (Wildman–Crippen LogP) is 3.30. The number of ketones is 2. The highest BCUT2D eigenvalue weighted by atomic mass is 35.5. The number of Topliss-reactive ketones (excluding diaryl/α,β-unsaturated/α-hetero) is 2. The van der Waals surface area contributed by atoms with Crippen LogP contribution in [0.2, 0.25) is 5.02 Å². The van der Waals surface area contributed by atoms with Gasteiger partial charge in [-0.15, -0.1) is 0 Å². The molecule has 2 aromatic carbocycles. The first-order chi connectivity index (χ1) is 19.0. The van der Waals surface area contributed by atoms with Gasteiger partial charge in [-0.05, 0) is 54.5 Å². The van der Waals surface area contributed by atoms with E-state index in [0.717, 1.165) is 19.5 Å². The maximum atomic E-state index is 13.7. The van der Waals surface area contributed by atoms with Gasteiger partial charge in [-0.2, -0.15) is 0 Å². The number of fused-ring (bicyclic) bond motifs is 3. The fourth-order valence-electron chi connectivity index (χ4n) is 6.36. The number of rotatable bonds is 7. The Hall–Kier alpha value is -3.66. The van der Waals surface area contributed by atoms with Gasteiger partial charge in [0.25, 0.3) is 5.91 Å². The number of aromatic hydroxyl groups is 1. The number of benzene rings is 2. The highest BCUT2D eigenvalue weighted by Gasteiger charge is 2.59. The van der Waals surface area contributed by atoms with Crippen molar-refractivity contribution in [3.8, 4) is 5.75 Å². The first-order valence-electron chi connectivity index (χ1n) is 13.3. The van der Waals surface area contributed by atoms with Gasteiger partial charge in [0.2, 0.25) is 5.78 Å². The molecule has 9 nitrogen and oxygen atoms in total. The maximum absolute atomic E-state index is 13.7. The number of carbonyl (C=O) groups excluding carboxylic acids is 3. The van der Waals surface area contributed by atoms with Crippen LogP contribution in [0, 0.1) is 11.8 Å². The quantitative estimate of drug-likeness (QED) is 0.319. The number of aliphatic hydroxyl groups is 3. The highest BCUT2D eigenvalue weighted by molar-refractivity contribution is 6.33. The van der Waals surface area contributed by atoms with Crippen molar-refractivity contribution in [2.24, 2.45) is 17.6 Å². The first kappa shape index (κ1) is 27.9. The summed E-state index contributed by atoms with van der Waals surface area (Å²) < 4.78 is 0. The van der Waals surface area contributed by atoms with Crippen LogP contribution in [0.25, 0.3) is 0 Å². The number of nitrogens with two attached hydrogens (primary N) is 1. The molecule has 0 spiro atoms. The second kappa shape index (κ2) is 10.4. The molecule has 3 aliphatic rings. The van der Waals surface area contributed by atoms with E-state index >= 15 is 0 Å². The molecule has 10 heteroatoms. The third kappa shape index (κ3) is 4.38. The molecule has 0 radical (unpaired) electrons. The van der Waals surface area contributed by atoms with Gasteiger partial charge in [0, 0.05) is 36.0 Å². The van der Waals surface area contributed by atoms with Crippen LogP contribution in [-0.2, 0) is 29.0 Å². The van der Waals surface area contributed by atoms with Gasteiger partial charge < -0.3 is 26.2 Å². The summed E-state index contributed by atoms with van der Waals surface area (Å²) in [5.74, 6) is -6.59. The van der Waals surface area contributed by atoms with E-state index in [-0.39, 0.29) is 36.1 Å². The number of primary amides is 1. The molecule has 0 fully saturated rings. The summed E-state index contributed by atoms with van der Waals surface area (Å²) in [6.45, 7) is 3.97. The third-order valence-corrected chi connectivity index (χ3v) is 8.94. The van der Waals surface area contributed by atoms with Crippen molar-refractivity contribution in [2.75, 3.05) is 13.1 Å². The summed E-state index contributed by atoms with van der Waals surface area (Å²) in [7, 11) is 0. The van der Waals surface area contributed by atoms with Gasteiger partial charge in [0.1, 0.15) is 22.8 Å². The van der Waals surface area contributed by atoms with Crippen molar-refractivity contribution in [3.05, 3.63) is 86.3 Å². The number of aliphatic hydroxyl groups excluding tert-OH is 2. The lowest BCUT2D eigenvalue weighted by Crippen LogP contribution is -2.57. The Bertz CT molecular complexity index is 1480. The molecule has 3 aliphatic carbocycles. The van der Waals surface area contributed by atoms with Gasteiger partial charge in [-0.25, -0.2) is 0 Å². The molecule has 0 bridgehead atoms. The lowest BCUT2D eigenvalue weighted by Gasteiger charge is -2.45. The fraction of sp³-hybridized carbons (Fsp3) is 0.367. The number of phenolic OH excluding ortho intramolecular Hbond substituents is 1. The molecule has 0 saturated heterocycles. The zero-order valence-corrected chi connectivity index (χ0v) is 22.7. The molecule has 5 rings (SSSR count). The van der Waals surface area contributed by atoms with Crippen molar-refractivity contribution >= 4 is 29.1 Å². The van der Waals surface area contributed by atoms with Gasteiger partial charge in [-0.3, -0.25) is 19.3 Å². The van der Waals surface area contributed by atoms with Crippen molar-refractivity contribution in [1.82, 2.24) is 4.90 Å². The number of allylic oxidation sites excluding steroid dienone is 2. The molecule has 210 valence electrons. The largest absolute Gasteiger partial charge is 0.511 e. The Morgan fingerprint density at radius 3 is 2.50 bits per heavy atom. The fourth-order valence-corrected chi connectivity index (χ4v) is 6.64. The summed E-state index contributed by atoms with van der Waals surface area (Å²) in [5.41, 5.74) is 3.86. The van der Waals surface area contributed by atoms with E-state index < -0.39 is 52.0 Å². The summed E-state index contributed by atoms with van der Waals surface area (Å²) in [6, 6.07) is 11.5. The van der Waals surface area contributed by atoms with Gasteiger partial charge in [0.05, 0.1) is 5.56 Å². The molecule has 1 amide bonds. The maximum Gasteiger partial charge on any atom is 0.255 e. The van der Waals surface area contributed by atoms with Crippen molar-refractivity contribution in [3.63, 3.8) is 0 Å². The molecule has 2 aromatic rings. The lowest BCUT2D eigenvalue weighted by molar-refractivity contribution is -0.144. The van der Waals surface area contributed by atoms with E-state index in [2.05, 4.69) is 17.0 Å². The van der Waals surface area contributed by atoms with Crippen LogP contribution in [0.3, 0.4) is 0 Å². The van der Waals surface area contributed by atoms with Crippen LogP contribution in [-0.4, -0.2) is 61.5 Å². The molecule has 3 atom stereocenters. The SMILES string of the molecule is CCN(CCc1ccccc1)Cc1cc(O)c2c(c1Cl)CC1C[C@H]3CC(O)=C(C(N)=O)C(=O)[C@@]3(O)C(O)=C1C2=O. The molecular formula is C30H31ClN2O7. The highest BCUT2D eigenvalue weighted by Crippen LogP contribution is 2.52. The normalized spacial score (nSPS) is 24.2. The van der Waals surface area contributed by atoms with Crippen LogP contribution < -0.4 is 5.73 Å². The molecule has 6 N–H and O–H groups in total. The average Bonchev–Trinajstić information content (AvgIpc) is 2.91. The molecule has 0 aliphatic heterocycles. The Morgan fingerprint density at radius 1 is 1.15 bits per heavy atom. The van der Waals surface area contributed by atoms with E-state index in [4.69, 9.17) is 17.3 Å². The zero-order valence-electron chi connectivity index (χ0n) is 22.0. The van der Waals surface area contributed by atoms with Gasteiger partial charge in [0.15, 0.2) is 11.4 Å². The van der Waals surface area contributed by atoms with Crippen LogP contribution in [0.15, 0.2) is 59.1 Å². The summed E-state index contributed by atoms with van der Waals surface area (Å²) in [5, 5.41) is 44.1. The second-order valence-electron chi connectivity index (χ2n) is 10.7. The summed E-state index contributed by atoms with van der Waals surface area (Å²) >= 11 is 6.84. The van der Waals surface area contributed by atoms with Gasteiger partial charge >= 0.3 is 0 Å². The Labute approximate surface area is 236 Å². The van der Waals surface area contributed by atoms with E-state index in [1.807, 2.05) is 25.1 Å². The number of carbonyl (C=O) groups is 3. The second-order valence-corrected chi connectivity index (χ2v) is 11.1. The van der Waals surface area contributed by atoms with Crippen molar-refractivity contribution < 1.29 is 34.8 Å². The summed E-state index contributed by atoms with van der Waals surface area (Å²) in [6.07, 6.45) is 0.785. The van der Waals surface area contributed by atoms with E-state index in [9.17, 15) is 34.8 Å². The molecule has 0 aromatic heterocycles. The zero-order chi connectivity index (χ0) is 28.9. The Morgan fingerprint density at radius 2 is 1.85 bits per heavy atom. The van der Waals surface area contributed by atoms with Crippen LogP contribution >= 0.6 is 11.6 Å². The topological polar surface area (TPSA) is 161 Å². The molecule has 0 heterocycles. The Kier molecular flexibility index (Phi) is 7.24. The number of amides is 1. The minimum Gasteiger partial charge on any atom is -0.511 e. The van der Waals surface area contributed by atoms with E-state index in [1.165, 1.54) is 11.6 Å². The minimum absolute atomic E-state index is 0.0579. The van der Waals surface area contributed by atoms with Crippen LogP contribution in [0.5, 0.6) is 5.75 Å². The number of phenols is 1. The lowest BCUT2D eigenvalue weighted by atomic mass is 9.60. The predicted molar refractivity (Wildman–Crippen MR) is 147 cm³/mol. The van der Waals surface area contributed by atoms with Crippen molar-refractivity contribution in [2.45, 2.75) is 44.8 Å². The average molecular weight is 567 g/mol.